The molecule has 4 heteroatoms. The maximum absolute atomic E-state index is 5.74. The predicted molar refractivity (Wildman–Crippen MR) is 56.5 cm³/mol. The number of ether oxygens (including phenoxy) is 1. The van der Waals surface area contributed by atoms with E-state index in [4.69, 9.17) is 4.74 Å². The van der Waals surface area contributed by atoms with Crippen LogP contribution < -0.4 is 5.32 Å². The average molecular weight is 205 g/mol. The highest BCUT2D eigenvalue weighted by Gasteiger charge is 2.40. The predicted octanol–water partition coefficient (Wildman–Crippen LogP) is 1.46. The lowest BCUT2D eigenvalue weighted by Gasteiger charge is -2.18. The summed E-state index contributed by atoms with van der Waals surface area (Å²) in [4.78, 5) is 8.36. The van der Waals surface area contributed by atoms with E-state index in [0.29, 0.717) is 12.1 Å². The van der Waals surface area contributed by atoms with Crippen molar-refractivity contribution < 1.29 is 4.74 Å². The Labute approximate surface area is 89.1 Å². The molecule has 2 heterocycles. The minimum atomic E-state index is 0.383. The minimum Gasteiger partial charge on any atom is -0.376 e. The van der Waals surface area contributed by atoms with E-state index in [-0.39, 0.29) is 0 Å². The number of aromatic nitrogens is 2. The van der Waals surface area contributed by atoms with Crippen molar-refractivity contribution in [3.8, 4) is 0 Å². The molecule has 1 N–H and O–H groups in total. The quantitative estimate of drug-likeness (QED) is 0.811. The van der Waals surface area contributed by atoms with Crippen LogP contribution in [-0.2, 0) is 4.74 Å². The van der Waals surface area contributed by atoms with Crippen LogP contribution in [0, 0.1) is 5.92 Å². The standard InChI is InChI=1S/C11H15N3O/c1-5-12-11(13-6-1)14-9-4-7-15-10(9)8-2-3-8/h1,5-6,8-10H,2-4,7H2,(H,12,13,14). The van der Waals surface area contributed by atoms with E-state index in [0.717, 1.165) is 24.9 Å². The molecule has 1 aromatic rings. The van der Waals surface area contributed by atoms with Gasteiger partial charge in [0.15, 0.2) is 0 Å². The van der Waals surface area contributed by atoms with E-state index in [1.807, 2.05) is 6.07 Å². The Bertz CT molecular complexity index is 326. The fourth-order valence-electron chi connectivity index (χ4n) is 2.19. The molecule has 0 aromatic carbocycles. The highest BCUT2D eigenvalue weighted by Crippen LogP contribution is 2.39. The van der Waals surface area contributed by atoms with E-state index < -0.39 is 0 Å². The highest BCUT2D eigenvalue weighted by molar-refractivity contribution is 5.26. The normalized spacial score (nSPS) is 30.4. The molecule has 0 bridgehead atoms. The summed E-state index contributed by atoms with van der Waals surface area (Å²) >= 11 is 0. The molecular formula is C11H15N3O. The highest BCUT2D eigenvalue weighted by atomic mass is 16.5. The van der Waals surface area contributed by atoms with Crippen molar-refractivity contribution in [3.05, 3.63) is 18.5 Å². The van der Waals surface area contributed by atoms with Gasteiger partial charge in [-0.3, -0.25) is 0 Å². The van der Waals surface area contributed by atoms with Gasteiger partial charge in [0.1, 0.15) is 0 Å². The molecular weight excluding hydrogens is 190 g/mol. The van der Waals surface area contributed by atoms with Crippen LogP contribution in [0.3, 0.4) is 0 Å². The van der Waals surface area contributed by atoms with E-state index in [9.17, 15) is 0 Å². The lowest BCUT2D eigenvalue weighted by Crippen LogP contribution is -2.31. The summed E-state index contributed by atoms with van der Waals surface area (Å²) in [6.45, 7) is 0.867. The summed E-state index contributed by atoms with van der Waals surface area (Å²) in [5, 5.41) is 3.37. The van der Waals surface area contributed by atoms with Crippen molar-refractivity contribution >= 4 is 5.95 Å². The molecule has 1 aliphatic heterocycles. The molecule has 3 rings (SSSR count). The lowest BCUT2D eigenvalue weighted by molar-refractivity contribution is 0.0897. The second-order valence-electron chi connectivity index (χ2n) is 4.28. The van der Waals surface area contributed by atoms with Crippen LogP contribution in [0.25, 0.3) is 0 Å². The molecule has 1 saturated heterocycles. The molecule has 0 radical (unpaired) electrons. The summed E-state index contributed by atoms with van der Waals surface area (Å²) in [5.74, 6) is 1.49. The zero-order valence-corrected chi connectivity index (χ0v) is 8.60. The number of hydrogen-bond acceptors (Lipinski definition) is 4. The van der Waals surface area contributed by atoms with Gasteiger partial charge in [0.2, 0.25) is 5.95 Å². The van der Waals surface area contributed by atoms with Gasteiger partial charge in [-0.05, 0) is 31.2 Å². The molecule has 0 amide bonds. The molecule has 2 aliphatic rings. The molecule has 1 aliphatic carbocycles. The third-order valence-corrected chi connectivity index (χ3v) is 3.10. The van der Waals surface area contributed by atoms with Crippen LogP contribution in [0.2, 0.25) is 0 Å². The Morgan fingerprint density at radius 3 is 2.73 bits per heavy atom. The summed E-state index contributed by atoms with van der Waals surface area (Å²) < 4.78 is 5.74. The smallest absolute Gasteiger partial charge is 0.222 e. The van der Waals surface area contributed by atoms with Crippen LogP contribution >= 0.6 is 0 Å². The van der Waals surface area contributed by atoms with Crippen LogP contribution in [0.15, 0.2) is 18.5 Å². The summed E-state index contributed by atoms with van der Waals surface area (Å²) in [5.41, 5.74) is 0. The van der Waals surface area contributed by atoms with Crippen molar-refractivity contribution in [2.45, 2.75) is 31.4 Å². The van der Waals surface area contributed by atoms with Crippen LogP contribution in [-0.4, -0.2) is 28.7 Å². The van der Waals surface area contributed by atoms with Gasteiger partial charge in [-0.1, -0.05) is 0 Å². The molecule has 1 aromatic heterocycles. The van der Waals surface area contributed by atoms with Gasteiger partial charge in [0, 0.05) is 19.0 Å². The average Bonchev–Trinajstić information content (AvgIpc) is 3.02. The second kappa shape index (κ2) is 3.77. The van der Waals surface area contributed by atoms with Crippen molar-refractivity contribution in [1.82, 2.24) is 9.97 Å². The first-order valence-corrected chi connectivity index (χ1v) is 5.58. The number of hydrogen-bond donors (Lipinski definition) is 1. The number of nitrogens with one attached hydrogen (secondary N) is 1. The minimum absolute atomic E-state index is 0.383. The van der Waals surface area contributed by atoms with Crippen molar-refractivity contribution in [1.29, 1.82) is 0 Å². The first-order chi connectivity index (χ1) is 7.43. The molecule has 1 saturated carbocycles. The zero-order valence-electron chi connectivity index (χ0n) is 8.60. The van der Waals surface area contributed by atoms with Crippen LogP contribution in [0.5, 0.6) is 0 Å². The molecule has 4 nitrogen and oxygen atoms in total. The Balaban J connectivity index is 1.67. The Hall–Kier alpha value is -1.16. The number of anilines is 1. The van der Waals surface area contributed by atoms with Gasteiger partial charge in [0.25, 0.3) is 0 Å². The Kier molecular flexibility index (Phi) is 2.29. The van der Waals surface area contributed by atoms with E-state index >= 15 is 0 Å². The lowest BCUT2D eigenvalue weighted by atomic mass is 10.1. The largest absolute Gasteiger partial charge is 0.376 e. The molecule has 80 valence electrons. The fraction of sp³-hybridized carbons (Fsp3) is 0.636. The first-order valence-electron chi connectivity index (χ1n) is 5.58. The second-order valence-corrected chi connectivity index (χ2v) is 4.28. The molecule has 0 spiro atoms. The SMILES string of the molecule is c1cnc(NC2CCOC2C2CC2)nc1. The van der Waals surface area contributed by atoms with Gasteiger partial charge < -0.3 is 10.1 Å². The number of nitrogens with zero attached hydrogens (tertiary/aromatic N) is 2. The summed E-state index contributed by atoms with van der Waals surface area (Å²) in [6, 6.07) is 2.23. The van der Waals surface area contributed by atoms with Gasteiger partial charge in [-0.15, -0.1) is 0 Å². The van der Waals surface area contributed by atoms with Gasteiger partial charge in [-0.2, -0.15) is 0 Å². The third-order valence-electron chi connectivity index (χ3n) is 3.10. The Morgan fingerprint density at radius 2 is 2.00 bits per heavy atom. The van der Waals surface area contributed by atoms with Crippen LogP contribution in [0.4, 0.5) is 5.95 Å². The van der Waals surface area contributed by atoms with Crippen molar-refractivity contribution in [2.75, 3.05) is 11.9 Å². The maximum atomic E-state index is 5.74. The van der Waals surface area contributed by atoms with E-state index in [1.54, 1.807) is 12.4 Å². The van der Waals surface area contributed by atoms with Crippen molar-refractivity contribution in [2.24, 2.45) is 5.92 Å². The topological polar surface area (TPSA) is 47.0 Å². The zero-order chi connectivity index (χ0) is 10.1. The Morgan fingerprint density at radius 1 is 1.20 bits per heavy atom. The summed E-state index contributed by atoms with van der Waals surface area (Å²) in [6.07, 6.45) is 7.61. The van der Waals surface area contributed by atoms with E-state index in [1.165, 1.54) is 12.8 Å². The maximum Gasteiger partial charge on any atom is 0.222 e. The van der Waals surface area contributed by atoms with Gasteiger partial charge in [-0.25, -0.2) is 9.97 Å². The van der Waals surface area contributed by atoms with Gasteiger partial charge >= 0.3 is 0 Å². The molecule has 2 fully saturated rings. The van der Waals surface area contributed by atoms with Gasteiger partial charge in [0.05, 0.1) is 12.1 Å². The molecule has 2 atom stereocenters. The number of rotatable bonds is 3. The molecule has 2 unspecified atom stereocenters. The van der Waals surface area contributed by atoms with Crippen molar-refractivity contribution in [3.63, 3.8) is 0 Å². The third kappa shape index (κ3) is 1.95. The fourth-order valence-corrected chi connectivity index (χ4v) is 2.19. The monoisotopic (exact) mass is 205 g/mol. The van der Waals surface area contributed by atoms with Crippen LogP contribution in [0.1, 0.15) is 19.3 Å². The van der Waals surface area contributed by atoms with E-state index in [2.05, 4.69) is 15.3 Å². The molecule has 15 heavy (non-hydrogen) atoms. The first kappa shape index (κ1) is 9.09. The summed E-state index contributed by atoms with van der Waals surface area (Å²) in [7, 11) is 0.